The molecule has 0 aromatic heterocycles. The number of hydrogen-bond acceptors (Lipinski definition) is 2. The van der Waals surface area contributed by atoms with Crippen molar-refractivity contribution < 1.29 is 4.21 Å². The smallest absolute Gasteiger partial charge is 0.188 e. The normalized spacial score (nSPS) is 19.9. The van der Waals surface area contributed by atoms with E-state index in [1.54, 1.807) is 6.26 Å². The second kappa shape index (κ2) is 5.21. The van der Waals surface area contributed by atoms with Crippen LogP contribution in [0.1, 0.15) is 19.3 Å². The Balaban J connectivity index is 2.03. The van der Waals surface area contributed by atoms with Gasteiger partial charge in [-0.25, -0.2) is 0 Å². The lowest BCUT2D eigenvalue weighted by molar-refractivity contribution is 0.684. The lowest BCUT2D eigenvalue weighted by atomic mass is 10.5. The van der Waals surface area contributed by atoms with Crippen LogP contribution in [0.5, 0.6) is 0 Å². The number of hydrogen-bond donors (Lipinski definition) is 2. The lowest BCUT2D eigenvalue weighted by Gasteiger charge is -2.02. The van der Waals surface area contributed by atoms with E-state index in [0.29, 0.717) is 24.3 Å². The minimum absolute atomic E-state index is 0.532. The Morgan fingerprint density at radius 3 is 2.92 bits per heavy atom. The van der Waals surface area contributed by atoms with Crippen molar-refractivity contribution in [3.63, 3.8) is 0 Å². The molecule has 1 atom stereocenters. The Hall–Kier alpha value is -0.580. The fourth-order valence-corrected chi connectivity index (χ4v) is 1.49. The number of guanidine groups is 1. The van der Waals surface area contributed by atoms with E-state index in [2.05, 4.69) is 10.3 Å². The van der Waals surface area contributed by atoms with Gasteiger partial charge >= 0.3 is 0 Å². The van der Waals surface area contributed by atoms with Gasteiger partial charge in [0.2, 0.25) is 0 Å². The van der Waals surface area contributed by atoms with E-state index in [9.17, 15) is 4.21 Å². The maximum atomic E-state index is 10.7. The van der Waals surface area contributed by atoms with E-state index in [1.165, 1.54) is 12.8 Å². The van der Waals surface area contributed by atoms with Gasteiger partial charge in [-0.15, -0.1) is 0 Å². The Kier molecular flexibility index (Phi) is 4.21. The molecule has 0 heterocycles. The highest BCUT2D eigenvalue weighted by Crippen LogP contribution is 2.17. The van der Waals surface area contributed by atoms with Crippen LogP contribution < -0.4 is 11.1 Å². The molecule has 76 valence electrons. The second-order valence-corrected chi connectivity index (χ2v) is 4.87. The van der Waals surface area contributed by atoms with Crippen LogP contribution in [0.15, 0.2) is 4.99 Å². The molecule has 1 fully saturated rings. The average molecular weight is 203 g/mol. The minimum Gasteiger partial charge on any atom is -0.370 e. The third kappa shape index (κ3) is 5.63. The maximum Gasteiger partial charge on any atom is 0.188 e. The van der Waals surface area contributed by atoms with Crippen LogP contribution in [0.25, 0.3) is 0 Å². The first-order valence-corrected chi connectivity index (χ1v) is 6.27. The monoisotopic (exact) mass is 203 g/mol. The molecular formula is C8H17N3OS. The largest absolute Gasteiger partial charge is 0.370 e. The van der Waals surface area contributed by atoms with Crippen molar-refractivity contribution in [2.75, 3.05) is 18.6 Å². The van der Waals surface area contributed by atoms with E-state index < -0.39 is 10.8 Å². The summed E-state index contributed by atoms with van der Waals surface area (Å²) in [6, 6.07) is 0.559. The predicted molar refractivity (Wildman–Crippen MR) is 56.2 cm³/mol. The molecule has 1 saturated carbocycles. The first-order valence-electron chi connectivity index (χ1n) is 4.55. The average Bonchev–Trinajstić information content (AvgIpc) is 2.81. The molecule has 1 aliphatic carbocycles. The van der Waals surface area contributed by atoms with Gasteiger partial charge in [0.15, 0.2) is 5.96 Å². The molecule has 1 rings (SSSR count). The molecule has 3 N–H and O–H groups in total. The second-order valence-electron chi connectivity index (χ2n) is 3.32. The van der Waals surface area contributed by atoms with Crippen LogP contribution in [0, 0.1) is 0 Å². The van der Waals surface area contributed by atoms with Crippen molar-refractivity contribution in [2.24, 2.45) is 10.7 Å². The molecule has 0 aliphatic heterocycles. The van der Waals surface area contributed by atoms with Crippen molar-refractivity contribution in [1.29, 1.82) is 0 Å². The van der Waals surface area contributed by atoms with E-state index >= 15 is 0 Å². The summed E-state index contributed by atoms with van der Waals surface area (Å²) in [4.78, 5) is 4.13. The summed E-state index contributed by atoms with van der Waals surface area (Å²) in [6.45, 7) is 0.672. The fourth-order valence-electron chi connectivity index (χ4n) is 0.950. The van der Waals surface area contributed by atoms with Crippen LogP contribution in [-0.2, 0) is 10.8 Å². The first-order chi connectivity index (χ1) is 6.18. The standard InChI is InChI=1S/C8H17N3OS/c1-13(12)6-2-5-10-8(9)11-7-3-4-7/h7H,2-6H2,1H3,(H3,9,10,11). The molecule has 5 heteroatoms. The summed E-state index contributed by atoms with van der Waals surface area (Å²) < 4.78 is 10.7. The third-order valence-electron chi connectivity index (χ3n) is 1.80. The molecule has 0 aromatic rings. The van der Waals surface area contributed by atoms with Crippen molar-refractivity contribution >= 4 is 16.8 Å². The number of nitrogens with two attached hydrogens (primary N) is 1. The zero-order valence-corrected chi connectivity index (χ0v) is 8.77. The molecule has 0 saturated heterocycles. The Bertz CT molecular complexity index is 213. The summed E-state index contributed by atoms with van der Waals surface area (Å²) in [5.41, 5.74) is 5.59. The topological polar surface area (TPSA) is 67.5 Å². The number of nitrogens with zero attached hydrogens (tertiary/aromatic N) is 1. The summed E-state index contributed by atoms with van der Waals surface area (Å²) in [5, 5.41) is 3.09. The van der Waals surface area contributed by atoms with Crippen LogP contribution in [0.3, 0.4) is 0 Å². The molecule has 0 spiro atoms. The van der Waals surface area contributed by atoms with Gasteiger partial charge in [-0.3, -0.25) is 9.20 Å². The molecule has 0 aromatic carbocycles. The van der Waals surface area contributed by atoms with Crippen LogP contribution >= 0.6 is 0 Å². The highest BCUT2D eigenvalue weighted by atomic mass is 32.2. The quantitative estimate of drug-likeness (QED) is 0.370. The first kappa shape index (κ1) is 10.5. The molecule has 0 amide bonds. The van der Waals surface area contributed by atoms with Crippen molar-refractivity contribution in [3.05, 3.63) is 0 Å². The van der Waals surface area contributed by atoms with Crippen LogP contribution in [0.2, 0.25) is 0 Å². The highest BCUT2D eigenvalue weighted by Gasteiger charge is 2.21. The molecular weight excluding hydrogens is 186 g/mol. The summed E-state index contributed by atoms with van der Waals surface area (Å²) in [5.74, 6) is 1.24. The summed E-state index contributed by atoms with van der Waals surface area (Å²) in [7, 11) is -0.709. The van der Waals surface area contributed by atoms with Gasteiger partial charge in [0.05, 0.1) is 0 Å². The molecule has 0 bridgehead atoms. The van der Waals surface area contributed by atoms with E-state index in [1.807, 2.05) is 0 Å². The van der Waals surface area contributed by atoms with E-state index in [-0.39, 0.29) is 0 Å². The van der Waals surface area contributed by atoms with Crippen molar-refractivity contribution in [1.82, 2.24) is 5.32 Å². The van der Waals surface area contributed by atoms with Gasteiger partial charge in [0.1, 0.15) is 0 Å². The fraction of sp³-hybridized carbons (Fsp3) is 0.875. The van der Waals surface area contributed by atoms with Gasteiger partial charge in [-0.05, 0) is 19.3 Å². The van der Waals surface area contributed by atoms with Gasteiger partial charge in [-0.2, -0.15) is 0 Å². The number of nitrogens with one attached hydrogen (secondary N) is 1. The minimum atomic E-state index is -0.709. The van der Waals surface area contributed by atoms with Gasteiger partial charge in [0, 0.05) is 35.4 Å². The molecule has 1 unspecified atom stereocenters. The van der Waals surface area contributed by atoms with Crippen LogP contribution in [0.4, 0.5) is 0 Å². The van der Waals surface area contributed by atoms with Crippen molar-refractivity contribution in [3.8, 4) is 0 Å². The Morgan fingerprint density at radius 2 is 2.38 bits per heavy atom. The summed E-state index contributed by atoms with van der Waals surface area (Å²) >= 11 is 0. The number of aliphatic imine (C=N–C) groups is 1. The Morgan fingerprint density at radius 1 is 1.69 bits per heavy atom. The molecule has 13 heavy (non-hydrogen) atoms. The van der Waals surface area contributed by atoms with E-state index in [4.69, 9.17) is 5.73 Å². The zero-order valence-electron chi connectivity index (χ0n) is 7.95. The van der Waals surface area contributed by atoms with Crippen LogP contribution in [-0.4, -0.2) is 34.8 Å². The molecule has 0 radical (unpaired) electrons. The molecule has 4 nitrogen and oxygen atoms in total. The number of rotatable bonds is 5. The van der Waals surface area contributed by atoms with Gasteiger partial charge in [0.25, 0.3) is 0 Å². The van der Waals surface area contributed by atoms with Crippen molar-refractivity contribution in [2.45, 2.75) is 25.3 Å². The highest BCUT2D eigenvalue weighted by molar-refractivity contribution is 7.84. The maximum absolute atomic E-state index is 10.7. The summed E-state index contributed by atoms with van der Waals surface area (Å²) in [6.07, 6.45) is 4.95. The zero-order chi connectivity index (χ0) is 9.68. The third-order valence-corrected chi connectivity index (χ3v) is 2.67. The SMILES string of the molecule is CS(=O)CCCN=C(N)NC1CC1. The van der Waals surface area contributed by atoms with E-state index in [0.717, 1.165) is 6.42 Å². The van der Waals surface area contributed by atoms with Gasteiger partial charge < -0.3 is 11.1 Å². The molecule has 1 aliphatic rings. The van der Waals surface area contributed by atoms with Gasteiger partial charge in [-0.1, -0.05) is 0 Å². The predicted octanol–water partition coefficient (Wildman–Crippen LogP) is -0.178. The Labute approximate surface area is 81.4 Å². The lowest BCUT2D eigenvalue weighted by Crippen LogP contribution is -2.33.